The molecule has 0 unspecified atom stereocenters. The fourth-order valence-electron chi connectivity index (χ4n) is 2.25. The van der Waals surface area contributed by atoms with E-state index in [9.17, 15) is 4.79 Å². The van der Waals surface area contributed by atoms with E-state index in [1.807, 2.05) is 56.3 Å². The molecule has 0 fully saturated rings. The van der Waals surface area contributed by atoms with Crippen LogP contribution in [0.25, 0.3) is 0 Å². The Hall–Kier alpha value is -2.42. The lowest BCUT2D eigenvalue weighted by atomic mass is 9.97. The van der Waals surface area contributed by atoms with Crippen molar-refractivity contribution in [2.24, 2.45) is 5.92 Å². The van der Waals surface area contributed by atoms with Crippen molar-refractivity contribution in [3.05, 3.63) is 64.7 Å². The topological polar surface area (TPSA) is 50.2 Å². The van der Waals surface area contributed by atoms with Crippen LogP contribution in [-0.4, -0.2) is 11.7 Å². The smallest absolute Gasteiger partial charge is 0.313 e. The number of ether oxygens (including phenoxy) is 1. The number of carbonyl (C=O) groups excluding carboxylic acids is 1. The normalized spacial score (nSPS) is 10.6. The number of carbonyl (C=O) groups is 1. The van der Waals surface area contributed by atoms with Gasteiger partial charge in [-0.1, -0.05) is 50.2 Å². The third-order valence-corrected chi connectivity index (χ3v) is 3.42. The van der Waals surface area contributed by atoms with E-state index < -0.39 is 0 Å². The molecule has 0 aliphatic rings. The van der Waals surface area contributed by atoms with E-state index in [1.54, 1.807) is 13.8 Å². The molecule has 0 aliphatic heterocycles. The summed E-state index contributed by atoms with van der Waals surface area (Å²) < 4.78 is 5.56. The molecule has 1 N–H and O–H groups in total. The Kier molecular flexibility index (Phi) is 4.76. The first kappa shape index (κ1) is 16.0. The fourth-order valence-corrected chi connectivity index (χ4v) is 2.25. The average molecular weight is 295 g/mol. The van der Waals surface area contributed by atoms with Gasteiger partial charge in [0.25, 0.3) is 0 Å². The molecule has 0 radical (unpaired) electrons. The van der Waals surface area contributed by atoms with Crippen LogP contribution >= 0.6 is 0 Å². The van der Waals surface area contributed by atoms with E-state index in [-0.39, 0.29) is 11.9 Å². The Bertz CT molecular complexity index is 703. The third-order valence-electron chi connectivity index (χ3n) is 3.42. The Labute approximate surface area is 131 Å². The van der Waals surface area contributed by atoms with Crippen molar-refractivity contribution in [2.45, 2.75) is 27.7 Å². The molecule has 0 aromatic heterocycles. The largest absolute Gasteiger partial charge is 0.425 e. The minimum Gasteiger partial charge on any atom is -0.425 e. The summed E-state index contributed by atoms with van der Waals surface area (Å²) in [6.07, 6.45) is 0. The van der Waals surface area contributed by atoms with Crippen LogP contribution < -0.4 is 4.74 Å². The zero-order chi connectivity index (χ0) is 16.3. The molecule has 0 spiro atoms. The van der Waals surface area contributed by atoms with Crippen LogP contribution in [0.5, 0.6) is 5.75 Å². The standard InChI is InChI=1S/C19H21NO2/c1-12(2)19(21)22-18-14(4)10-13(3)11-16(18)17(20)15-8-6-5-7-9-15/h5-12,20H,1-4H3. The number of rotatable bonds is 4. The van der Waals surface area contributed by atoms with Crippen molar-refractivity contribution < 1.29 is 9.53 Å². The molecule has 0 bridgehead atoms. The lowest BCUT2D eigenvalue weighted by Crippen LogP contribution is -2.18. The maximum absolute atomic E-state index is 12.0. The third kappa shape index (κ3) is 3.42. The van der Waals surface area contributed by atoms with Gasteiger partial charge in [-0.3, -0.25) is 10.2 Å². The highest BCUT2D eigenvalue weighted by atomic mass is 16.5. The lowest BCUT2D eigenvalue weighted by molar-refractivity contribution is -0.137. The number of hydrogen-bond acceptors (Lipinski definition) is 3. The molecule has 0 saturated carbocycles. The van der Waals surface area contributed by atoms with Crippen LogP contribution in [0, 0.1) is 25.2 Å². The monoisotopic (exact) mass is 295 g/mol. The molecule has 0 atom stereocenters. The summed E-state index contributed by atoms with van der Waals surface area (Å²) in [5.74, 6) is -0.00770. The summed E-state index contributed by atoms with van der Waals surface area (Å²) in [7, 11) is 0. The second-order valence-electron chi connectivity index (χ2n) is 5.78. The average Bonchev–Trinajstić information content (AvgIpc) is 2.49. The van der Waals surface area contributed by atoms with Crippen molar-refractivity contribution in [1.29, 1.82) is 5.41 Å². The van der Waals surface area contributed by atoms with Gasteiger partial charge < -0.3 is 4.74 Å². The second kappa shape index (κ2) is 6.56. The molecule has 22 heavy (non-hydrogen) atoms. The van der Waals surface area contributed by atoms with E-state index in [4.69, 9.17) is 10.1 Å². The van der Waals surface area contributed by atoms with Gasteiger partial charge in [0.15, 0.2) is 0 Å². The molecule has 0 amide bonds. The van der Waals surface area contributed by atoms with E-state index >= 15 is 0 Å². The zero-order valence-electron chi connectivity index (χ0n) is 13.4. The number of aryl methyl sites for hydroxylation is 2. The van der Waals surface area contributed by atoms with Crippen LogP contribution in [-0.2, 0) is 4.79 Å². The summed E-state index contributed by atoms with van der Waals surface area (Å²) in [6.45, 7) is 7.47. The fraction of sp³-hybridized carbons (Fsp3) is 0.263. The number of hydrogen-bond donors (Lipinski definition) is 1. The van der Waals surface area contributed by atoms with E-state index in [0.29, 0.717) is 17.0 Å². The van der Waals surface area contributed by atoms with Gasteiger partial charge in [0, 0.05) is 11.1 Å². The SMILES string of the molecule is Cc1cc(C)c(OC(=O)C(C)C)c(C(=N)c2ccccc2)c1. The first-order valence-electron chi connectivity index (χ1n) is 7.37. The van der Waals surface area contributed by atoms with Crippen LogP contribution in [0.4, 0.5) is 0 Å². The molecule has 3 heteroatoms. The van der Waals surface area contributed by atoms with Gasteiger partial charge in [0.1, 0.15) is 5.75 Å². The van der Waals surface area contributed by atoms with Crippen molar-refractivity contribution in [3.63, 3.8) is 0 Å². The summed E-state index contributed by atoms with van der Waals surface area (Å²) in [4.78, 5) is 12.0. The predicted molar refractivity (Wildman–Crippen MR) is 88.8 cm³/mol. The molecule has 2 aromatic rings. The minimum atomic E-state index is -0.283. The highest BCUT2D eigenvalue weighted by molar-refractivity contribution is 6.13. The maximum atomic E-state index is 12.0. The Morgan fingerprint density at radius 3 is 2.32 bits per heavy atom. The molecule has 114 valence electrons. The molecular formula is C19H21NO2. The van der Waals surface area contributed by atoms with E-state index in [0.717, 1.165) is 16.7 Å². The van der Waals surface area contributed by atoms with Gasteiger partial charge >= 0.3 is 5.97 Å². The van der Waals surface area contributed by atoms with Crippen molar-refractivity contribution in [1.82, 2.24) is 0 Å². The van der Waals surface area contributed by atoms with Crippen LogP contribution in [0.3, 0.4) is 0 Å². The first-order valence-corrected chi connectivity index (χ1v) is 7.37. The molecule has 3 nitrogen and oxygen atoms in total. The zero-order valence-corrected chi connectivity index (χ0v) is 13.4. The quantitative estimate of drug-likeness (QED) is 0.520. The summed E-state index contributed by atoms with van der Waals surface area (Å²) in [5, 5.41) is 8.47. The number of esters is 1. The highest BCUT2D eigenvalue weighted by Gasteiger charge is 2.18. The Morgan fingerprint density at radius 2 is 1.73 bits per heavy atom. The van der Waals surface area contributed by atoms with Gasteiger partial charge in [0.2, 0.25) is 0 Å². The van der Waals surface area contributed by atoms with Gasteiger partial charge in [-0.15, -0.1) is 0 Å². The number of nitrogens with one attached hydrogen (secondary N) is 1. The van der Waals surface area contributed by atoms with Crippen LogP contribution in [0.1, 0.15) is 36.1 Å². The summed E-state index contributed by atoms with van der Waals surface area (Å²) in [5.41, 5.74) is 3.72. The molecular weight excluding hydrogens is 274 g/mol. The van der Waals surface area contributed by atoms with Crippen LogP contribution in [0.2, 0.25) is 0 Å². The molecule has 0 saturated heterocycles. The highest BCUT2D eigenvalue weighted by Crippen LogP contribution is 2.28. The van der Waals surface area contributed by atoms with Crippen LogP contribution in [0.15, 0.2) is 42.5 Å². The van der Waals surface area contributed by atoms with Crippen molar-refractivity contribution in [3.8, 4) is 5.75 Å². The summed E-state index contributed by atoms with van der Waals surface area (Å²) >= 11 is 0. The first-order chi connectivity index (χ1) is 10.4. The minimum absolute atomic E-state index is 0.209. The molecule has 0 aliphatic carbocycles. The molecule has 0 heterocycles. The molecule has 2 rings (SSSR count). The van der Waals surface area contributed by atoms with Crippen molar-refractivity contribution in [2.75, 3.05) is 0 Å². The summed E-state index contributed by atoms with van der Waals surface area (Å²) in [6, 6.07) is 13.3. The Balaban J connectivity index is 2.50. The van der Waals surface area contributed by atoms with Crippen molar-refractivity contribution >= 4 is 11.7 Å². The van der Waals surface area contributed by atoms with E-state index in [1.165, 1.54) is 0 Å². The lowest BCUT2D eigenvalue weighted by Gasteiger charge is -2.16. The maximum Gasteiger partial charge on any atom is 0.313 e. The number of benzene rings is 2. The molecule has 2 aromatic carbocycles. The van der Waals surface area contributed by atoms with Gasteiger partial charge in [-0.05, 0) is 31.0 Å². The van der Waals surface area contributed by atoms with Gasteiger partial charge in [-0.2, -0.15) is 0 Å². The second-order valence-corrected chi connectivity index (χ2v) is 5.78. The van der Waals surface area contributed by atoms with E-state index in [2.05, 4.69) is 0 Å². The Morgan fingerprint density at radius 1 is 1.09 bits per heavy atom. The van der Waals surface area contributed by atoms with Gasteiger partial charge in [0.05, 0.1) is 11.6 Å². The predicted octanol–water partition coefficient (Wildman–Crippen LogP) is 4.28. The van der Waals surface area contributed by atoms with Gasteiger partial charge in [-0.25, -0.2) is 0 Å².